The predicted molar refractivity (Wildman–Crippen MR) is 154 cm³/mol. The van der Waals surface area contributed by atoms with Gasteiger partial charge in [-0.3, -0.25) is 9.59 Å². The molecule has 1 aliphatic rings. The van der Waals surface area contributed by atoms with Crippen LogP contribution < -0.4 is 5.32 Å². The standard InChI is InChI=1S/C27H27Cl3N4O4S/c1-32-13-15-33(16-14-32)27(36)19-5-9-21(10-6-19)31-26(35)18-34(17-23-24(29)3-2-4-25(23)30)39(37,38)22-11-7-20(28)8-12-22/h2-12H,13-18H2,1H3,(H,31,35). The Morgan fingerprint density at radius 3 is 2.05 bits per heavy atom. The smallest absolute Gasteiger partial charge is 0.253 e. The van der Waals surface area contributed by atoms with Crippen LogP contribution in [0.5, 0.6) is 0 Å². The molecule has 3 aromatic carbocycles. The van der Waals surface area contributed by atoms with Gasteiger partial charge < -0.3 is 15.1 Å². The van der Waals surface area contributed by atoms with E-state index in [1.807, 2.05) is 7.05 Å². The van der Waals surface area contributed by atoms with Gasteiger partial charge >= 0.3 is 0 Å². The summed E-state index contributed by atoms with van der Waals surface area (Å²) in [6.45, 7) is 2.20. The summed E-state index contributed by atoms with van der Waals surface area (Å²) in [6, 6.07) is 17.0. The average Bonchev–Trinajstić information content (AvgIpc) is 2.91. The first-order valence-corrected chi connectivity index (χ1v) is 14.7. The predicted octanol–water partition coefficient (Wildman–Crippen LogP) is 4.86. The van der Waals surface area contributed by atoms with Gasteiger partial charge in [-0.1, -0.05) is 40.9 Å². The summed E-state index contributed by atoms with van der Waals surface area (Å²) in [4.78, 5) is 29.8. The van der Waals surface area contributed by atoms with Crippen LogP contribution in [0.25, 0.3) is 0 Å². The number of carbonyl (C=O) groups is 2. The van der Waals surface area contributed by atoms with E-state index < -0.39 is 22.5 Å². The molecule has 39 heavy (non-hydrogen) atoms. The van der Waals surface area contributed by atoms with Crippen LogP contribution in [0.15, 0.2) is 71.6 Å². The second-order valence-electron chi connectivity index (χ2n) is 9.15. The van der Waals surface area contributed by atoms with E-state index in [-0.39, 0.29) is 27.4 Å². The maximum atomic E-state index is 13.5. The topological polar surface area (TPSA) is 90.0 Å². The van der Waals surface area contributed by atoms with Crippen molar-refractivity contribution in [2.45, 2.75) is 11.4 Å². The van der Waals surface area contributed by atoms with Crippen LogP contribution in [0.2, 0.25) is 15.1 Å². The third kappa shape index (κ3) is 7.30. The van der Waals surface area contributed by atoms with Gasteiger partial charge in [-0.25, -0.2) is 8.42 Å². The van der Waals surface area contributed by atoms with Crippen LogP contribution in [-0.2, 0) is 21.4 Å². The zero-order valence-corrected chi connectivity index (χ0v) is 24.2. The number of carbonyl (C=O) groups excluding carboxylic acids is 2. The van der Waals surface area contributed by atoms with E-state index in [4.69, 9.17) is 34.8 Å². The molecular formula is C27H27Cl3N4O4S. The molecular weight excluding hydrogens is 583 g/mol. The largest absolute Gasteiger partial charge is 0.336 e. The molecule has 4 rings (SSSR count). The van der Waals surface area contributed by atoms with Crippen LogP contribution in [0.1, 0.15) is 15.9 Å². The second kappa shape index (κ2) is 12.7. The minimum Gasteiger partial charge on any atom is -0.336 e. The van der Waals surface area contributed by atoms with E-state index in [0.717, 1.165) is 17.4 Å². The van der Waals surface area contributed by atoms with Crippen LogP contribution in [0.4, 0.5) is 5.69 Å². The number of benzene rings is 3. The van der Waals surface area contributed by atoms with Crippen molar-refractivity contribution in [3.05, 3.63) is 92.9 Å². The number of piperazine rings is 1. The first-order chi connectivity index (χ1) is 18.5. The summed E-state index contributed by atoms with van der Waals surface area (Å²) < 4.78 is 28.0. The van der Waals surface area contributed by atoms with Crippen molar-refractivity contribution in [3.8, 4) is 0 Å². The molecule has 0 aromatic heterocycles. The van der Waals surface area contributed by atoms with Crippen molar-refractivity contribution in [2.75, 3.05) is 45.1 Å². The molecule has 12 heteroatoms. The quantitative estimate of drug-likeness (QED) is 0.394. The fraction of sp³-hybridized carbons (Fsp3) is 0.259. The lowest BCUT2D eigenvalue weighted by Gasteiger charge is -2.32. The van der Waals surface area contributed by atoms with Gasteiger partial charge in [-0.2, -0.15) is 4.31 Å². The molecule has 0 bridgehead atoms. The summed E-state index contributed by atoms with van der Waals surface area (Å²) in [5.74, 6) is -0.647. The molecule has 0 aliphatic carbocycles. The van der Waals surface area contributed by atoms with Gasteiger partial charge in [-0.05, 0) is 67.7 Å². The van der Waals surface area contributed by atoms with Gasteiger partial charge in [0.2, 0.25) is 15.9 Å². The van der Waals surface area contributed by atoms with E-state index in [0.29, 0.717) is 34.9 Å². The Bertz CT molecular complexity index is 1420. The molecule has 8 nitrogen and oxygen atoms in total. The first kappa shape index (κ1) is 29.3. The Balaban J connectivity index is 1.50. The van der Waals surface area contributed by atoms with E-state index in [2.05, 4.69) is 10.2 Å². The summed E-state index contributed by atoms with van der Waals surface area (Å²) in [5.41, 5.74) is 1.31. The molecule has 2 amide bonds. The molecule has 0 spiro atoms. The number of nitrogens with one attached hydrogen (secondary N) is 1. The first-order valence-electron chi connectivity index (χ1n) is 12.1. The zero-order valence-electron chi connectivity index (χ0n) is 21.1. The molecule has 1 saturated heterocycles. The van der Waals surface area contributed by atoms with Crippen molar-refractivity contribution in [1.29, 1.82) is 0 Å². The summed E-state index contributed by atoms with van der Waals surface area (Å²) in [6.07, 6.45) is 0. The maximum Gasteiger partial charge on any atom is 0.253 e. The average molecular weight is 610 g/mol. The summed E-state index contributed by atoms with van der Waals surface area (Å²) in [5, 5.41) is 3.64. The van der Waals surface area contributed by atoms with Gasteiger partial charge in [0.15, 0.2) is 0 Å². The van der Waals surface area contributed by atoms with Crippen molar-refractivity contribution < 1.29 is 18.0 Å². The zero-order chi connectivity index (χ0) is 28.2. The van der Waals surface area contributed by atoms with E-state index >= 15 is 0 Å². The normalized spacial score (nSPS) is 14.4. The number of likely N-dealkylation sites (N-methyl/N-ethyl adjacent to an activating group) is 1. The number of amides is 2. The fourth-order valence-electron chi connectivity index (χ4n) is 4.09. The molecule has 1 heterocycles. The minimum absolute atomic E-state index is 0.0327. The number of anilines is 1. The lowest BCUT2D eigenvalue weighted by molar-refractivity contribution is -0.116. The lowest BCUT2D eigenvalue weighted by Crippen LogP contribution is -2.47. The summed E-state index contributed by atoms with van der Waals surface area (Å²) in [7, 11) is -2.11. The SMILES string of the molecule is CN1CCN(C(=O)c2ccc(NC(=O)CN(Cc3c(Cl)cccc3Cl)S(=O)(=O)c3ccc(Cl)cc3)cc2)CC1. The van der Waals surface area contributed by atoms with Crippen LogP contribution >= 0.6 is 34.8 Å². The maximum absolute atomic E-state index is 13.5. The number of halogens is 3. The lowest BCUT2D eigenvalue weighted by atomic mass is 10.1. The highest BCUT2D eigenvalue weighted by atomic mass is 35.5. The van der Waals surface area contributed by atoms with Crippen molar-refractivity contribution in [2.24, 2.45) is 0 Å². The van der Waals surface area contributed by atoms with Gasteiger partial charge in [0, 0.05) is 64.6 Å². The highest BCUT2D eigenvalue weighted by Gasteiger charge is 2.28. The van der Waals surface area contributed by atoms with Crippen molar-refractivity contribution in [1.82, 2.24) is 14.1 Å². The Morgan fingerprint density at radius 2 is 1.46 bits per heavy atom. The molecule has 1 fully saturated rings. The molecule has 1 aliphatic heterocycles. The van der Waals surface area contributed by atoms with Gasteiger partial charge in [0.05, 0.1) is 11.4 Å². The Morgan fingerprint density at radius 1 is 0.872 bits per heavy atom. The second-order valence-corrected chi connectivity index (χ2v) is 12.3. The molecule has 0 saturated carbocycles. The Labute approximate surface area is 243 Å². The van der Waals surface area contributed by atoms with Crippen LogP contribution in [0, 0.1) is 0 Å². The molecule has 0 unspecified atom stereocenters. The van der Waals surface area contributed by atoms with Crippen LogP contribution in [-0.4, -0.2) is 74.1 Å². The molecule has 1 N–H and O–H groups in total. The molecule has 0 radical (unpaired) electrons. The van der Waals surface area contributed by atoms with Crippen molar-refractivity contribution in [3.63, 3.8) is 0 Å². The number of nitrogens with zero attached hydrogens (tertiary/aromatic N) is 3. The number of rotatable bonds is 8. The van der Waals surface area contributed by atoms with E-state index in [9.17, 15) is 18.0 Å². The van der Waals surface area contributed by atoms with Gasteiger partial charge in [0.25, 0.3) is 5.91 Å². The van der Waals surface area contributed by atoms with Gasteiger partial charge in [-0.15, -0.1) is 0 Å². The fourth-order valence-corrected chi connectivity index (χ4v) is 6.10. The number of hydrogen-bond donors (Lipinski definition) is 1. The minimum atomic E-state index is -4.13. The Kier molecular flexibility index (Phi) is 9.53. The van der Waals surface area contributed by atoms with Crippen molar-refractivity contribution >= 4 is 62.3 Å². The van der Waals surface area contributed by atoms with E-state index in [1.54, 1.807) is 47.4 Å². The van der Waals surface area contributed by atoms with Gasteiger partial charge in [0.1, 0.15) is 0 Å². The third-order valence-corrected chi connectivity index (χ3v) is 9.14. The highest BCUT2D eigenvalue weighted by Crippen LogP contribution is 2.28. The summed E-state index contributed by atoms with van der Waals surface area (Å²) >= 11 is 18.5. The molecule has 3 aromatic rings. The Hall–Kier alpha value is -2.66. The van der Waals surface area contributed by atoms with E-state index in [1.165, 1.54) is 24.3 Å². The van der Waals surface area contributed by atoms with Crippen LogP contribution in [0.3, 0.4) is 0 Å². The monoisotopic (exact) mass is 608 g/mol. The number of hydrogen-bond acceptors (Lipinski definition) is 5. The number of sulfonamides is 1. The molecule has 206 valence electrons. The highest BCUT2D eigenvalue weighted by molar-refractivity contribution is 7.89. The third-order valence-electron chi connectivity index (χ3n) is 6.37. The molecule has 0 atom stereocenters.